The molecule has 0 spiro atoms. The van der Waals surface area contributed by atoms with Crippen molar-refractivity contribution in [3.63, 3.8) is 0 Å². The first kappa shape index (κ1) is 6.84. The molecular weight excluding hydrogens is 98.0 g/mol. The number of rotatable bonds is 2. The van der Waals surface area contributed by atoms with Gasteiger partial charge in [-0.15, -0.1) is 0 Å². The fourth-order valence-corrected chi connectivity index (χ4v) is 0.102. The quantitative estimate of drug-likeness (QED) is 0.393. The molecule has 0 aliphatic rings. The lowest BCUT2D eigenvalue weighted by Gasteiger charge is -2.31. The highest BCUT2D eigenvalue weighted by molar-refractivity contribution is 4.31. The van der Waals surface area contributed by atoms with Crippen LogP contribution in [0.1, 0.15) is 0 Å². The van der Waals surface area contributed by atoms with Crippen LogP contribution >= 0.6 is 0 Å². The lowest BCUT2D eigenvalue weighted by Crippen LogP contribution is -2.56. The van der Waals surface area contributed by atoms with E-state index in [1.807, 2.05) is 5.32 Å². The van der Waals surface area contributed by atoms with Gasteiger partial charge >= 0.3 is 0 Å². The van der Waals surface area contributed by atoms with Gasteiger partial charge in [-0.2, -0.15) is 0 Å². The maximum atomic E-state index is 10.1. The van der Waals surface area contributed by atoms with E-state index in [0.717, 1.165) is 7.11 Å². The molecule has 0 rings (SSSR count). The van der Waals surface area contributed by atoms with Gasteiger partial charge in [0.2, 0.25) is 0 Å². The molecule has 0 amide bonds. The van der Waals surface area contributed by atoms with Crippen molar-refractivity contribution in [1.82, 2.24) is 5.32 Å². The van der Waals surface area contributed by atoms with E-state index in [9.17, 15) is 5.11 Å². The third-order valence-corrected chi connectivity index (χ3v) is 0.593. The topological polar surface area (TPSA) is 64.5 Å². The number of hydrogen-bond donors (Lipinski definition) is 2. The average Bonchev–Trinajstić information content (AvgIpc) is 1.68. The van der Waals surface area contributed by atoms with Gasteiger partial charge < -0.3 is 14.9 Å². The molecule has 0 saturated heterocycles. The summed E-state index contributed by atoms with van der Waals surface area (Å²) in [5.74, 6) is 0. The Kier molecular flexibility index (Phi) is 2.17. The molecule has 0 radical (unpaired) electrons. The third-order valence-electron chi connectivity index (χ3n) is 0.593. The Balaban J connectivity index is 3.36. The maximum Gasteiger partial charge on any atom is 0.154 e. The van der Waals surface area contributed by atoms with E-state index in [4.69, 9.17) is 5.11 Å². The van der Waals surface area contributed by atoms with Crippen molar-refractivity contribution in [2.75, 3.05) is 14.2 Å². The molecule has 1 atom stereocenters. The van der Waals surface area contributed by atoms with E-state index in [1.54, 1.807) is 0 Å². The molecule has 4 nitrogen and oxygen atoms in total. The summed E-state index contributed by atoms with van der Waals surface area (Å²) in [6, 6.07) is 0. The first-order chi connectivity index (χ1) is 3.12. The monoisotopic (exact) mass is 106 g/mol. The predicted molar refractivity (Wildman–Crippen MR) is 21.0 cm³/mol. The van der Waals surface area contributed by atoms with E-state index >= 15 is 0 Å². The first-order valence-electron chi connectivity index (χ1n) is 1.79. The van der Waals surface area contributed by atoms with Crippen LogP contribution < -0.4 is 10.4 Å². The number of methoxy groups -OCH3 is 1. The second-order valence-electron chi connectivity index (χ2n) is 1.04. The van der Waals surface area contributed by atoms with Crippen molar-refractivity contribution in [3.05, 3.63) is 0 Å². The molecule has 0 aromatic heterocycles. The van der Waals surface area contributed by atoms with Gasteiger partial charge in [0.05, 0.1) is 0 Å². The molecular formula is C3H8NO3-. The Morgan fingerprint density at radius 1 is 1.86 bits per heavy atom. The highest BCUT2D eigenvalue weighted by Gasteiger charge is 2.02. The van der Waals surface area contributed by atoms with Gasteiger partial charge in [-0.3, -0.25) is 5.32 Å². The fourth-order valence-electron chi connectivity index (χ4n) is 0.102. The molecule has 1 unspecified atom stereocenters. The van der Waals surface area contributed by atoms with Gasteiger partial charge in [0, 0.05) is 7.11 Å². The minimum atomic E-state index is -2.42. The summed E-state index contributed by atoms with van der Waals surface area (Å²) in [5.41, 5.74) is 0. The van der Waals surface area contributed by atoms with E-state index in [-0.39, 0.29) is 0 Å². The lowest BCUT2D eigenvalue weighted by molar-refractivity contribution is -0.632. The molecule has 0 bridgehead atoms. The highest BCUT2D eigenvalue weighted by Crippen LogP contribution is 1.82. The molecule has 0 aliphatic heterocycles. The van der Waals surface area contributed by atoms with Gasteiger partial charge in [-0.25, -0.2) is 0 Å². The SMILES string of the molecule is CNC([O-])(O)OC. The molecule has 0 aliphatic carbocycles. The summed E-state index contributed by atoms with van der Waals surface area (Å²) in [5, 5.41) is 20.3. The number of nitrogens with one attached hydrogen (secondary N) is 1. The van der Waals surface area contributed by atoms with Gasteiger partial charge in [0.15, 0.2) is 6.10 Å². The molecule has 2 N–H and O–H groups in total. The zero-order valence-electron chi connectivity index (χ0n) is 4.26. The van der Waals surface area contributed by atoms with Crippen LogP contribution in [0.3, 0.4) is 0 Å². The highest BCUT2D eigenvalue weighted by atomic mass is 16.8. The van der Waals surface area contributed by atoms with Gasteiger partial charge in [0.25, 0.3) is 0 Å². The average molecular weight is 106 g/mol. The number of ether oxygens (including phenoxy) is 1. The largest absolute Gasteiger partial charge is 0.794 e. The second kappa shape index (κ2) is 2.23. The van der Waals surface area contributed by atoms with Crippen molar-refractivity contribution >= 4 is 0 Å². The van der Waals surface area contributed by atoms with E-state index in [1.165, 1.54) is 7.05 Å². The van der Waals surface area contributed by atoms with Crippen LogP contribution in [-0.4, -0.2) is 25.4 Å². The summed E-state index contributed by atoms with van der Waals surface area (Å²) in [4.78, 5) is 0. The third kappa shape index (κ3) is 2.52. The lowest BCUT2D eigenvalue weighted by atomic mass is 10.9. The predicted octanol–water partition coefficient (Wildman–Crippen LogP) is -2.18. The van der Waals surface area contributed by atoms with Gasteiger partial charge in [-0.1, -0.05) is 0 Å². The van der Waals surface area contributed by atoms with Gasteiger partial charge in [0.1, 0.15) is 0 Å². The Hall–Kier alpha value is -0.160. The van der Waals surface area contributed by atoms with Gasteiger partial charge in [-0.05, 0) is 7.05 Å². The molecule has 0 heterocycles. The van der Waals surface area contributed by atoms with Crippen molar-refractivity contribution in [2.24, 2.45) is 0 Å². The normalized spacial score (nSPS) is 18.9. The maximum absolute atomic E-state index is 10.1. The minimum Gasteiger partial charge on any atom is -0.794 e. The number of hydrogen-bond acceptors (Lipinski definition) is 4. The summed E-state index contributed by atoms with van der Waals surface area (Å²) in [7, 11) is 2.42. The van der Waals surface area contributed by atoms with Crippen molar-refractivity contribution in [3.8, 4) is 0 Å². The Labute approximate surface area is 41.7 Å². The summed E-state index contributed by atoms with van der Waals surface area (Å²) < 4.78 is 3.98. The minimum absolute atomic E-state index is 1.11. The fraction of sp³-hybridized carbons (Fsp3) is 1.00. The van der Waals surface area contributed by atoms with Crippen LogP contribution in [0.5, 0.6) is 0 Å². The zero-order valence-corrected chi connectivity index (χ0v) is 4.26. The van der Waals surface area contributed by atoms with Crippen LogP contribution in [0.2, 0.25) is 0 Å². The number of aliphatic hydroxyl groups is 1. The van der Waals surface area contributed by atoms with Crippen LogP contribution in [0.15, 0.2) is 0 Å². The molecule has 0 aromatic rings. The Morgan fingerprint density at radius 3 is 2.29 bits per heavy atom. The van der Waals surface area contributed by atoms with E-state index < -0.39 is 6.10 Å². The zero-order chi connectivity index (χ0) is 5.91. The molecule has 0 aromatic carbocycles. The molecule has 7 heavy (non-hydrogen) atoms. The van der Waals surface area contributed by atoms with Crippen molar-refractivity contribution < 1.29 is 14.9 Å². The standard InChI is InChI=1S/C3H8NO3/c1-4-3(5,6)7-2/h4-5H,1-2H3/q-1. The summed E-state index contributed by atoms with van der Waals surface area (Å²) in [6.45, 7) is 0. The van der Waals surface area contributed by atoms with Crippen LogP contribution in [0.4, 0.5) is 0 Å². The Bertz CT molecular complexity index is 48.1. The second-order valence-corrected chi connectivity index (χ2v) is 1.04. The summed E-state index contributed by atoms with van der Waals surface area (Å²) >= 11 is 0. The van der Waals surface area contributed by atoms with Crippen molar-refractivity contribution in [2.45, 2.75) is 6.10 Å². The Morgan fingerprint density at radius 2 is 2.29 bits per heavy atom. The van der Waals surface area contributed by atoms with E-state index in [0.29, 0.717) is 0 Å². The van der Waals surface area contributed by atoms with Crippen LogP contribution in [0, 0.1) is 0 Å². The summed E-state index contributed by atoms with van der Waals surface area (Å²) in [6.07, 6.45) is -2.42. The molecule has 0 saturated carbocycles. The molecule has 0 fully saturated rings. The molecule has 4 heteroatoms. The van der Waals surface area contributed by atoms with Crippen LogP contribution in [0.25, 0.3) is 0 Å². The van der Waals surface area contributed by atoms with Crippen LogP contribution in [-0.2, 0) is 4.74 Å². The first-order valence-corrected chi connectivity index (χ1v) is 1.79. The van der Waals surface area contributed by atoms with Crippen molar-refractivity contribution in [1.29, 1.82) is 0 Å². The smallest absolute Gasteiger partial charge is 0.154 e. The van der Waals surface area contributed by atoms with E-state index in [2.05, 4.69) is 4.74 Å². The molecule has 44 valence electrons.